The molecule has 0 bridgehead atoms. The van der Waals surface area contributed by atoms with E-state index in [1.54, 1.807) is 56.3 Å². The van der Waals surface area contributed by atoms with Gasteiger partial charge in [-0.25, -0.2) is 8.42 Å². The van der Waals surface area contributed by atoms with Crippen molar-refractivity contribution in [3.63, 3.8) is 0 Å². The number of amides is 1. The zero-order chi connectivity index (χ0) is 19.3. The van der Waals surface area contributed by atoms with Crippen LogP contribution in [0.25, 0.3) is 0 Å². The molecule has 0 saturated carbocycles. The van der Waals surface area contributed by atoms with Crippen molar-refractivity contribution in [2.24, 2.45) is 0 Å². The maximum atomic E-state index is 12.5. The summed E-state index contributed by atoms with van der Waals surface area (Å²) >= 11 is 5.96. The van der Waals surface area contributed by atoms with E-state index in [1.165, 1.54) is 11.4 Å². The van der Waals surface area contributed by atoms with Crippen molar-refractivity contribution in [3.8, 4) is 5.75 Å². The van der Waals surface area contributed by atoms with Crippen LogP contribution in [0.4, 0.5) is 11.4 Å². The van der Waals surface area contributed by atoms with E-state index in [1.807, 2.05) is 0 Å². The first-order valence-corrected chi connectivity index (χ1v) is 10.1. The third-order valence-electron chi connectivity index (χ3n) is 3.81. The van der Waals surface area contributed by atoms with Gasteiger partial charge in [0.1, 0.15) is 5.75 Å². The van der Waals surface area contributed by atoms with E-state index >= 15 is 0 Å². The number of sulfonamides is 1. The third-order valence-corrected chi connectivity index (χ3v) is 5.92. The third kappa shape index (κ3) is 4.47. The molecule has 140 valence electrons. The average molecular weight is 397 g/mol. The molecular formula is C18H21ClN2O4S. The molecule has 2 rings (SSSR count). The molecule has 1 amide bonds. The Hall–Kier alpha value is -2.25. The number of nitrogens with zero attached hydrogens (tertiary/aromatic N) is 1. The first-order valence-electron chi connectivity index (χ1n) is 8.07. The number of ether oxygens (including phenoxy) is 1. The lowest BCUT2D eigenvalue weighted by molar-refractivity contribution is 0.102. The minimum absolute atomic E-state index is 0.0115. The van der Waals surface area contributed by atoms with Crippen LogP contribution in [-0.2, 0) is 10.0 Å². The number of nitrogens with one attached hydrogen (secondary N) is 1. The highest BCUT2D eigenvalue weighted by Crippen LogP contribution is 2.28. The molecule has 0 aliphatic heterocycles. The molecule has 0 radical (unpaired) electrons. The van der Waals surface area contributed by atoms with Crippen molar-refractivity contribution in [3.05, 3.63) is 53.1 Å². The maximum absolute atomic E-state index is 12.5. The first kappa shape index (κ1) is 20.1. The Balaban J connectivity index is 2.23. The summed E-state index contributed by atoms with van der Waals surface area (Å²) in [7, 11) is -1.86. The molecule has 0 aliphatic rings. The fourth-order valence-electron chi connectivity index (χ4n) is 2.45. The van der Waals surface area contributed by atoms with Crippen molar-refractivity contribution in [2.75, 3.05) is 29.0 Å². The number of rotatable bonds is 7. The van der Waals surface area contributed by atoms with Gasteiger partial charge >= 0.3 is 0 Å². The van der Waals surface area contributed by atoms with Crippen LogP contribution in [-0.4, -0.2) is 33.7 Å². The van der Waals surface area contributed by atoms with E-state index in [0.717, 1.165) is 0 Å². The number of halogens is 1. The van der Waals surface area contributed by atoms with Gasteiger partial charge in [-0.05, 0) is 56.3 Å². The van der Waals surface area contributed by atoms with Crippen molar-refractivity contribution in [1.29, 1.82) is 0 Å². The summed E-state index contributed by atoms with van der Waals surface area (Å²) in [4.78, 5) is 12.5. The molecule has 0 heterocycles. The molecule has 26 heavy (non-hydrogen) atoms. The summed E-state index contributed by atoms with van der Waals surface area (Å²) in [5, 5.41) is 3.21. The Morgan fingerprint density at radius 2 is 1.81 bits per heavy atom. The standard InChI is InChI=1S/C18H21ClN2O4S/c1-4-21(26(23,24)5-2)15-9-6-13(7-10-15)18(22)20-16-12-14(19)8-11-17(16)25-3/h6-12H,4-5H2,1-3H3,(H,20,22). The maximum Gasteiger partial charge on any atom is 0.255 e. The van der Waals surface area contributed by atoms with Gasteiger partial charge in [0.2, 0.25) is 10.0 Å². The molecule has 8 heteroatoms. The number of carbonyl (C=O) groups excluding carboxylic acids is 1. The normalized spacial score (nSPS) is 11.1. The molecule has 0 aromatic heterocycles. The quantitative estimate of drug-likeness (QED) is 0.772. The predicted molar refractivity (Wildman–Crippen MR) is 105 cm³/mol. The number of hydrogen-bond donors (Lipinski definition) is 1. The van der Waals surface area contributed by atoms with E-state index in [9.17, 15) is 13.2 Å². The average Bonchev–Trinajstić information content (AvgIpc) is 2.63. The second kappa shape index (κ2) is 8.42. The summed E-state index contributed by atoms with van der Waals surface area (Å²) < 4.78 is 30.7. The second-order valence-corrected chi connectivity index (χ2v) is 8.03. The van der Waals surface area contributed by atoms with Gasteiger partial charge in [-0.1, -0.05) is 11.6 Å². The van der Waals surface area contributed by atoms with Crippen LogP contribution < -0.4 is 14.4 Å². The Bertz CT molecular complexity index is 883. The Morgan fingerprint density at radius 1 is 1.15 bits per heavy atom. The minimum atomic E-state index is -3.36. The van der Waals surface area contributed by atoms with Crippen molar-refractivity contribution in [2.45, 2.75) is 13.8 Å². The molecule has 0 spiro atoms. The van der Waals surface area contributed by atoms with Gasteiger partial charge in [-0.15, -0.1) is 0 Å². The summed E-state index contributed by atoms with van der Waals surface area (Å²) in [6.45, 7) is 3.68. The molecule has 6 nitrogen and oxygen atoms in total. The van der Waals surface area contributed by atoms with Crippen LogP contribution >= 0.6 is 11.6 Å². The highest BCUT2D eigenvalue weighted by atomic mass is 35.5. The Morgan fingerprint density at radius 3 is 2.35 bits per heavy atom. The summed E-state index contributed by atoms with van der Waals surface area (Å²) in [5.74, 6) is 0.154. The molecule has 0 aliphatic carbocycles. The molecule has 1 N–H and O–H groups in total. The second-order valence-electron chi connectivity index (χ2n) is 5.41. The fraction of sp³-hybridized carbons (Fsp3) is 0.278. The van der Waals surface area contributed by atoms with Gasteiger partial charge in [0.25, 0.3) is 5.91 Å². The van der Waals surface area contributed by atoms with E-state index in [0.29, 0.717) is 34.3 Å². The van der Waals surface area contributed by atoms with Crippen LogP contribution in [0.15, 0.2) is 42.5 Å². The molecule has 0 fully saturated rings. The van der Waals surface area contributed by atoms with E-state index in [-0.39, 0.29) is 11.7 Å². The van der Waals surface area contributed by atoms with Crippen molar-refractivity contribution >= 4 is 38.9 Å². The minimum Gasteiger partial charge on any atom is -0.495 e. The van der Waals surface area contributed by atoms with Crippen LogP contribution in [0, 0.1) is 0 Å². The monoisotopic (exact) mass is 396 g/mol. The van der Waals surface area contributed by atoms with Crippen molar-refractivity contribution < 1.29 is 17.9 Å². The fourth-order valence-corrected chi connectivity index (χ4v) is 3.77. The molecule has 2 aromatic carbocycles. The van der Waals surface area contributed by atoms with Gasteiger partial charge in [0, 0.05) is 17.1 Å². The van der Waals surface area contributed by atoms with Gasteiger partial charge in [-0.3, -0.25) is 9.10 Å². The zero-order valence-electron chi connectivity index (χ0n) is 14.8. The lowest BCUT2D eigenvalue weighted by Crippen LogP contribution is -2.32. The number of hydrogen-bond acceptors (Lipinski definition) is 4. The van der Waals surface area contributed by atoms with Crippen LogP contribution in [0.3, 0.4) is 0 Å². The molecule has 0 atom stereocenters. The van der Waals surface area contributed by atoms with Gasteiger partial charge in [0.15, 0.2) is 0 Å². The van der Waals surface area contributed by atoms with E-state index in [2.05, 4.69) is 5.32 Å². The largest absolute Gasteiger partial charge is 0.495 e. The lowest BCUT2D eigenvalue weighted by Gasteiger charge is -2.22. The predicted octanol–water partition coefficient (Wildman–Crippen LogP) is 3.78. The SMILES string of the molecule is CCN(c1ccc(C(=O)Nc2cc(Cl)ccc2OC)cc1)S(=O)(=O)CC. The smallest absolute Gasteiger partial charge is 0.255 e. The van der Waals surface area contributed by atoms with Crippen LogP contribution in [0.1, 0.15) is 24.2 Å². The van der Waals surface area contributed by atoms with Gasteiger partial charge in [-0.2, -0.15) is 0 Å². The van der Waals surface area contributed by atoms with E-state index < -0.39 is 10.0 Å². The summed E-state index contributed by atoms with van der Waals surface area (Å²) in [6, 6.07) is 11.3. The summed E-state index contributed by atoms with van der Waals surface area (Å²) in [6.07, 6.45) is 0. The molecule has 2 aromatic rings. The highest BCUT2D eigenvalue weighted by molar-refractivity contribution is 7.92. The Kier molecular flexibility index (Phi) is 6.50. The lowest BCUT2D eigenvalue weighted by atomic mass is 10.2. The number of methoxy groups -OCH3 is 1. The topological polar surface area (TPSA) is 75.7 Å². The number of benzene rings is 2. The molecular weight excluding hydrogens is 376 g/mol. The first-order chi connectivity index (χ1) is 12.3. The molecule has 0 unspecified atom stereocenters. The number of anilines is 2. The van der Waals surface area contributed by atoms with Crippen molar-refractivity contribution in [1.82, 2.24) is 0 Å². The van der Waals surface area contributed by atoms with Crippen LogP contribution in [0.2, 0.25) is 5.02 Å². The van der Waals surface area contributed by atoms with Gasteiger partial charge in [0.05, 0.1) is 24.2 Å². The zero-order valence-corrected chi connectivity index (χ0v) is 16.4. The summed E-state index contributed by atoms with van der Waals surface area (Å²) in [5.41, 5.74) is 1.37. The van der Waals surface area contributed by atoms with E-state index in [4.69, 9.17) is 16.3 Å². The van der Waals surface area contributed by atoms with Crippen LogP contribution in [0.5, 0.6) is 5.75 Å². The van der Waals surface area contributed by atoms with Gasteiger partial charge < -0.3 is 10.1 Å². The number of carbonyl (C=O) groups is 1. The Labute approximate surface area is 158 Å². The highest BCUT2D eigenvalue weighted by Gasteiger charge is 2.19. The molecule has 0 saturated heterocycles.